The zero-order valence-corrected chi connectivity index (χ0v) is 19.2. The summed E-state index contributed by atoms with van der Waals surface area (Å²) in [5, 5.41) is 2.90. The lowest BCUT2D eigenvalue weighted by Gasteiger charge is -2.41. The van der Waals surface area contributed by atoms with E-state index >= 15 is 0 Å². The molecule has 1 aromatic heterocycles. The van der Waals surface area contributed by atoms with Gasteiger partial charge in [-0.3, -0.25) is 9.59 Å². The number of benzene rings is 1. The minimum atomic E-state index is -4.76. The van der Waals surface area contributed by atoms with Crippen molar-refractivity contribution in [2.75, 3.05) is 4.90 Å². The summed E-state index contributed by atoms with van der Waals surface area (Å²) in [5.41, 5.74) is 2.77. The smallest absolute Gasteiger partial charge is 0.419 e. The van der Waals surface area contributed by atoms with E-state index in [1.807, 2.05) is 0 Å². The van der Waals surface area contributed by atoms with Gasteiger partial charge in [-0.25, -0.2) is 9.37 Å². The number of nitrogens with zero attached hydrogens (tertiary/aromatic N) is 2. The van der Waals surface area contributed by atoms with Crippen molar-refractivity contribution in [2.45, 2.75) is 69.4 Å². The second kappa shape index (κ2) is 9.01. The molecule has 2 unspecified atom stereocenters. The van der Waals surface area contributed by atoms with Crippen molar-refractivity contribution >= 4 is 17.6 Å². The first kappa shape index (κ1) is 24.7. The maximum atomic E-state index is 13.6. The van der Waals surface area contributed by atoms with Crippen LogP contribution in [0.15, 0.2) is 36.5 Å². The largest absolute Gasteiger partial charge is 0.477 e. The number of fused-ring (bicyclic) bond motifs is 2. The van der Waals surface area contributed by atoms with E-state index in [2.05, 4.69) is 15.2 Å². The van der Waals surface area contributed by atoms with E-state index in [4.69, 9.17) is 10.5 Å². The minimum Gasteiger partial charge on any atom is -0.477 e. The Morgan fingerprint density at radius 2 is 1.77 bits per heavy atom. The van der Waals surface area contributed by atoms with Crippen LogP contribution in [0.3, 0.4) is 0 Å². The summed E-state index contributed by atoms with van der Waals surface area (Å²) in [5.74, 6) is -2.05. The topological polar surface area (TPSA) is 97.5 Å². The molecule has 2 bridgehead atoms. The van der Waals surface area contributed by atoms with Gasteiger partial charge in [-0.15, -0.1) is 0 Å². The first-order chi connectivity index (χ1) is 16.3. The number of rotatable bonds is 6. The van der Waals surface area contributed by atoms with Crippen LogP contribution in [0.2, 0.25) is 0 Å². The number of piperidine rings is 1. The number of nitrogens with one attached hydrogen (secondary N) is 1. The Balaban J connectivity index is 1.43. The summed E-state index contributed by atoms with van der Waals surface area (Å²) >= 11 is 0. The second-order valence-corrected chi connectivity index (χ2v) is 9.45. The molecule has 0 aliphatic carbocycles. The van der Waals surface area contributed by atoms with Crippen LogP contribution < -0.4 is 20.7 Å². The number of halogens is 4. The maximum Gasteiger partial charge on any atom is 0.419 e. The van der Waals surface area contributed by atoms with Crippen LogP contribution >= 0.6 is 0 Å². The Bertz CT molecular complexity index is 1110. The third kappa shape index (κ3) is 5.18. The summed E-state index contributed by atoms with van der Waals surface area (Å²) < 4.78 is 59.0. The van der Waals surface area contributed by atoms with E-state index in [0.717, 1.165) is 18.7 Å². The first-order valence-electron chi connectivity index (χ1n) is 11.3. The predicted octanol–water partition coefficient (Wildman–Crippen LogP) is 3.81. The number of alkyl halides is 3. The SMILES string of the molecule is CC(C)(Oc1cc(F)ccc1C(F)(F)F)C(=O)NC1CC2CCC(C1)N2c1ccc(C(N)=O)cn1. The molecule has 1 aromatic carbocycles. The lowest BCUT2D eigenvalue weighted by Crippen LogP contribution is -2.55. The van der Waals surface area contributed by atoms with Gasteiger partial charge in [0.25, 0.3) is 5.91 Å². The Kier molecular flexibility index (Phi) is 6.37. The van der Waals surface area contributed by atoms with Crippen LogP contribution in [0.4, 0.5) is 23.4 Å². The van der Waals surface area contributed by atoms with Gasteiger partial charge >= 0.3 is 6.18 Å². The van der Waals surface area contributed by atoms with Crippen molar-refractivity contribution < 1.29 is 31.9 Å². The Hall–Kier alpha value is -3.37. The fourth-order valence-electron chi connectivity index (χ4n) is 4.85. The summed E-state index contributed by atoms with van der Waals surface area (Å²) in [4.78, 5) is 30.8. The zero-order chi connectivity index (χ0) is 25.5. The number of anilines is 1. The number of aromatic nitrogens is 1. The lowest BCUT2D eigenvalue weighted by molar-refractivity contribution is -0.143. The van der Waals surface area contributed by atoms with Crippen molar-refractivity contribution in [2.24, 2.45) is 5.73 Å². The van der Waals surface area contributed by atoms with Gasteiger partial charge in [-0.1, -0.05) is 0 Å². The number of carbonyl (C=O) groups excluding carboxylic acids is 2. The molecule has 2 atom stereocenters. The van der Waals surface area contributed by atoms with Crippen molar-refractivity contribution in [3.63, 3.8) is 0 Å². The summed E-state index contributed by atoms with van der Waals surface area (Å²) in [6.07, 6.45) is -0.294. The number of hydrogen-bond donors (Lipinski definition) is 2. The van der Waals surface area contributed by atoms with Gasteiger partial charge in [0, 0.05) is 30.4 Å². The molecule has 2 fully saturated rings. The van der Waals surface area contributed by atoms with E-state index in [1.165, 1.54) is 20.0 Å². The Morgan fingerprint density at radius 3 is 2.31 bits per heavy atom. The molecule has 188 valence electrons. The molecule has 3 heterocycles. The van der Waals surface area contributed by atoms with Crippen molar-refractivity contribution in [3.05, 3.63) is 53.5 Å². The second-order valence-electron chi connectivity index (χ2n) is 9.45. The van der Waals surface area contributed by atoms with Crippen LogP contribution in [0.1, 0.15) is 55.5 Å². The van der Waals surface area contributed by atoms with Crippen molar-refractivity contribution in [1.82, 2.24) is 10.3 Å². The van der Waals surface area contributed by atoms with Gasteiger partial charge in [0.15, 0.2) is 5.60 Å². The molecule has 11 heteroatoms. The molecule has 3 N–H and O–H groups in total. The van der Waals surface area contributed by atoms with E-state index in [0.29, 0.717) is 36.6 Å². The fourth-order valence-corrected chi connectivity index (χ4v) is 4.85. The highest BCUT2D eigenvalue weighted by Crippen LogP contribution is 2.40. The number of hydrogen-bond acceptors (Lipinski definition) is 5. The van der Waals surface area contributed by atoms with Gasteiger partial charge in [0.1, 0.15) is 17.4 Å². The standard InChI is InChI=1S/C24H26F4N4O3/c1-23(2,35-19-9-14(25)4-7-18(19)24(26,27)28)22(34)31-15-10-16-5-6-17(11-15)32(16)20-8-3-13(12-30-20)21(29)33/h3-4,7-9,12,15-17H,5-6,10-11H2,1-2H3,(H2,29,33)(H,31,34). The van der Waals surface area contributed by atoms with Crippen LogP contribution in [0, 0.1) is 5.82 Å². The molecule has 2 aliphatic rings. The first-order valence-corrected chi connectivity index (χ1v) is 11.3. The predicted molar refractivity (Wildman–Crippen MR) is 119 cm³/mol. The molecule has 2 aromatic rings. The monoisotopic (exact) mass is 494 g/mol. The van der Waals surface area contributed by atoms with Crippen LogP contribution in [-0.2, 0) is 11.0 Å². The number of ether oxygens (including phenoxy) is 1. The van der Waals surface area contributed by atoms with Crippen LogP contribution in [-0.4, -0.2) is 40.5 Å². The third-order valence-corrected chi connectivity index (χ3v) is 6.53. The molecule has 0 spiro atoms. The maximum absolute atomic E-state index is 13.6. The number of amides is 2. The number of carbonyl (C=O) groups is 2. The van der Waals surface area contributed by atoms with Gasteiger partial charge in [-0.05, 0) is 63.8 Å². The highest BCUT2D eigenvalue weighted by atomic mass is 19.4. The average molecular weight is 494 g/mol. The highest BCUT2D eigenvalue weighted by molar-refractivity contribution is 5.92. The normalized spacial score (nSPS) is 22.1. The van der Waals surface area contributed by atoms with Gasteiger partial charge in [-0.2, -0.15) is 13.2 Å². The summed E-state index contributed by atoms with van der Waals surface area (Å²) in [6.45, 7) is 2.70. The third-order valence-electron chi connectivity index (χ3n) is 6.53. The summed E-state index contributed by atoms with van der Waals surface area (Å²) in [7, 11) is 0. The fraction of sp³-hybridized carbons (Fsp3) is 0.458. The summed E-state index contributed by atoms with van der Waals surface area (Å²) in [6, 6.07) is 5.30. The van der Waals surface area contributed by atoms with E-state index in [9.17, 15) is 27.2 Å². The number of pyridine rings is 1. The highest BCUT2D eigenvalue weighted by Gasteiger charge is 2.44. The van der Waals surface area contributed by atoms with E-state index < -0.39 is 40.7 Å². The molecule has 0 radical (unpaired) electrons. The molecule has 0 saturated carbocycles. The van der Waals surface area contributed by atoms with Crippen molar-refractivity contribution in [1.29, 1.82) is 0 Å². The molecule has 7 nitrogen and oxygen atoms in total. The quantitative estimate of drug-likeness (QED) is 0.596. The molecule has 35 heavy (non-hydrogen) atoms. The molecule has 2 amide bonds. The molecule has 2 aliphatic heterocycles. The van der Waals surface area contributed by atoms with Crippen molar-refractivity contribution in [3.8, 4) is 5.75 Å². The van der Waals surface area contributed by atoms with E-state index in [-0.39, 0.29) is 18.1 Å². The average Bonchev–Trinajstić information content (AvgIpc) is 3.02. The lowest BCUT2D eigenvalue weighted by atomic mass is 9.96. The van der Waals surface area contributed by atoms with Crippen LogP contribution in [0.25, 0.3) is 0 Å². The number of primary amides is 1. The van der Waals surface area contributed by atoms with E-state index in [1.54, 1.807) is 12.1 Å². The van der Waals surface area contributed by atoms with Gasteiger partial charge in [0.05, 0.1) is 11.1 Å². The Morgan fingerprint density at radius 1 is 1.11 bits per heavy atom. The van der Waals surface area contributed by atoms with Gasteiger partial charge in [0.2, 0.25) is 5.91 Å². The molecule has 4 rings (SSSR count). The molecular weight excluding hydrogens is 468 g/mol. The molecule has 2 saturated heterocycles. The molecular formula is C24H26F4N4O3. The van der Waals surface area contributed by atoms with Gasteiger partial charge < -0.3 is 20.7 Å². The number of nitrogens with two attached hydrogens (primary N) is 1. The Labute approximate surface area is 199 Å². The zero-order valence-electron chi connectivity index (χ0n) is 19.2. The van der Waals surface area contributed by atoms with Crippen LogP contribution in [0.5, 0.6) is 5.75 Å². The minimum absolute atomic E-state index is 0.107.